The van der Waals surface area contributed by atoms with Crippen LogP contribution in [-0.4, -0.2) is 22.2 Å². The lowest BCUT2D eigenvalue weighted by molar-refractivity contribution is -0.384. The van der Waals surface area contributed by atoms with Crippen molar-refractivity contribution in [1.82, 2.24) is 0 Å². The molecule has 0 radical (unpaired) electrons. The molecule has 0 unspecified atom stereocenters. The Balaban J connectivity index is 3.00. The Kier molecular flexibility index (Phi) is 4.83. The molecule has 0 fully saturated rings. The molecular weight excluding hydrogens is 251 g/mol. The van der Waals surface area contributed by atoms with E-state index in [-0.39, 0.29) is 17.9 Å². The Morgan fingerprint density at radius 3 is 2.47 bits per heavy atom. The summed E-state index contributed by atoms with van der Waals surface area (Å²) in [5.74, 6) is -0.613. The van der Waals surface area contributed by atoms with Gasteiger partial charge >= 0.3 is 0 Å². The highest BCUT2D eigenvalue weighted by molar-refractivity contribution is 5.63. The first kappa shape index (κ1) is 15.4. The predicted molar refractivity (Wildman–Crippen MR) is 71.8 cm³/mol. The summed E-state index contributed by atoms with van der Waals surface area (Å²) in [6.45, 7) is 5.41. The molecule has 1 aromatic carbocycles. The average molecular weight is 270 g/mol. The van der Waals surface area contributed by atoms with Gasteiger partial charge in [0.05, 0.1) is 16.6 Å². The van der Waals surface area contributed by atoms with Crippen LogP contribution >= 0.6 is 0 Å². The van der Waals surface area contributed by atoms with Gasteiger partial charge in [0.1, 0.15) is 11.5 Å². The number of halogens is 1. The summed E-state index contributed by atoms with van der Waals surface area (Å²) < 4.78 is 13.3. The van der Waals surface area contributed by atoms with Crippen molar-refractivity contribution in [2.45, 2.75) is 39.2 Å². The molecule has 2 N–H and O–H groups in total. The van der Waals surface area contributed by atoms with Gasteiger partial charge in [0.2, 0.25) is 0 Å². The first-order valence-electron chi connectivity index (χ1n) is 6.23. The van der Waals surface area contributed by atoms with Crippen molar-refractivity contribution in [3.63, 3.8) is 0 Å². The molecule has 0 aliphatic rings. The van der Waals surface area contributed by atoms with E-state index in [4.69, 9.17) is 0 Å². The van der Waals surface area contributed by atoms with Crippen molar-refractivity contribution in [2.24, 2.45) is 0 Å². The van der Waals surface area contributed by atoms with Gasteiger partial charge in [-0.1, -0.05) is 13.8 Å². The summed E-state index contributed by atoms with van der Waals surface area (Å²) in [5, 5.41) is 23.9. The predicted octanol–water partition coefficient (Wildman–Crippen LogP) is 3.01. The smallest absolute Gasteiger partial charge is 0.295 e. The number of nitro groups is 1. The van der Waals surface area contributed by atoms with Gasteiger partial charge in [-0.2, -0.15) is 0 Å². The zero-order chi connectivity index (χ0) is 14.6. The van der Waals surface area contributed by atoms with E-state index in [2.05, 4.69) is 5.32 Å². The molecule has 0 heterocycles. The maximum atomic E-state index is 13.3. The molecule has 0 bridgehead atoms. The molecule has 5 nitrogen and oxygen atoms in total. The molecule has 19 heavy (non-hydrogen) atoms. The van der Waals surface area contributed by atoms with Crippen molar-refractivity contribution in [3.05, 3.63) is 33.6 Å². The number of hydrogen-bond donors (Lipinski definition) is 2. The Bertz CT molecular complexity index is 473. The standard InChI is InChI=1S/C13H19FN2O3/c1-4-13(17,5-2)8-15-11-6-9(3)10(14)7-12(11)16(18)19/h6-7,15,17H,4-5,8H2,1-3H3. The van der Waals surface area contributed by atoms with Gasteiger partial charge in [-0.15, -0.1) is 0 Å². The third kappa shape index (κ3) is 3.64. The molecule has 0 spiro atoms. The first-order valence-corrected chi connectivity index (χ1v) is 6.23. The summed E-state index contributed by atoms with van der Waals surface area (Å²) in [6.07, 6.45) is 1.06. The Morgan fingerprint density at radius 2 is 2.00 bits per heavy atom. The third-order valence-electron chi connectivity index (χ3n) is 3.40. The van der Waals surface area contributed by atoms with Crippen LogP contribution in [0.2, 0.25) is 0 Å². The van der Waals surface area contributed by atoms with Crippen LogP contribution in [0.5, 0.6) is 0 Å². The van der Waals surface area contributed by atoms with Crippen LogP contribution in [0.1, 0.15) is 32.3 Å². The van der Waals surface area contributed by atoms with E-state index in [9.17, 15) is 19.6 Å². The monoisotopic (exact) mass is 270 g/mol. The largest absolute Gasteiger partial charge is 0.388 e. The maximum absolute atomic E-state index is 13.3. The summed E-state index contributed by atoms with van der Waals surface area (Å²) in [7, 11) is 0. The van der Waals surface area contributed by atoms with Gasteiger partial charge < -0.3 is 10.4 Å². The fraction of sp³-hybridized carbons (Fsp3) is 0.538. The SMILES string of the molecule is CCC(O)(CC)CNc1cc(C)c(F)cc1[N+](=O)[O-]. The minimum atomic E-state index is -0.920. The molecule has 0 saturated heterocycles. The second-order valence-corrected chi connectivity index (χ2v) is 4.66. The minimum absolute atomic E-state index is 0.186. The maximum Gasteiger partial charge on any atom is 0.295 e. The number of benzene rings is 1. The zero-order valence-electron chi connectivity index (χ0n) is 11.4. The molecule has 6 heteroatoms. The van der Waals surface area contributed by atoms with Crippen molar-refractivity contribution >= 4 is 11.4 Å². The van der Waals surface area contributed by atoms with Crippen molar-refractivity contribution < 1.29 is 14.4 Å². The minimum Gasteiger partial charge on any atom is -0.388 e. The Morgan fingerprint density at radius 1 is 1.42 bits per heavy atom. The molecule has 106 valence electrons. The summed E-state index contributed by atoms with van der Waals surface area (Å²) in [5.41, 5.74) is -0.692. The number of nitrogens with zero attached hydrogens (tertiary/aromatic N) is 1. The number of anilines is 1. The van der Waals surface area contributed by atoms with Gasteiger partial charge in [0.15, 0.2) is 0 Å². The van der Waals surface area contributed by atoms with Crippen LogP contribution in [-0.2, 0) is 0 Å². The van der Waals surface area contributed by atoms with Crippen LogP contribution in [0.3, 0.4) is 0 Å². The molecule has 0 saturated carbocycles. The number of rotatable bonds is 6. The highest BCUT2D eigenvalue weighted by atomic mass is 19.1. The van der Waals surface area contributed by atoms with E-state index >= 15 is 0 Å². The van der Waals surface area contributed by atoms with Crippen LogP contribution in [0.25, 0.3) is 0 Å². The lowest BCUT2D eigenvalue weighted by Gasteiger charge is -2.25. The number of nitro benzene ring substituents is 1. The van der Waals surface area contributed by atoms with E-state index in [1.165, 1.54) is 13.0 Å². The molecule has 1 aromatic rings. The second-order valence-electron chi connectivity index (χ2n) is 4.66. The van der Waals surface area contributed by atoms with Gasteiger partial charge in [0.25, 0.3) is 5.69 Å². The quantitative estimate of drug-likeness (QED) is 0.615. The molecule has 0 amide bonds. The van der Waals surface area contributed by atoms with Gasteiger partial charge in [-0.25, -0.2) is 4.39 Å². The average Bonchev–Trinajstić information content (AvgIpc) is 2.39. The third-order valence-corrected chi connectivity index (χ3v) is 3.40. The topological polar surface area (TPSA) is 75.4 Å². The van der Waals surface area contributed by atoms with Gasteiger partial charge in [-0.3, -0.25) is 10.1 Å². The zero-order valence-corrected chi connectivity index (χ0v) is 11.4. The van der Waals surface area contributed by atoms with Crippen LogP contribution in [0.15, 0.2) is 12.1 Å². The molecule has 0 aliphatic carbocycles. The second kappa shape index (κ2) is 5.97. The van der Waals surface area contributed by atoms with E-state index in [0.717, 1.165) is 6.07 Å². The summed E-state index contributed by atoms with van der Waals surface area (Å²) in [6, 6.07) is 2.29. The number of aliphatic hydroxyl groups is 1. The van der Waals surface area contributed by atoms with Crippen LogP contribution in [0.4, 0.5) is 15.8 Å². The molecule has 0 atom stereocenters. The highest BCUT2D eigenvalue weighted by Gasteiger charge is 2.24. The van der Waals surface area contributed by atoms with E-state index in [0.29, 0.717) is 18.4 Å². The lowest BCUT2D eigenvalue weighted by Crippen LogP contribution is -2.35. The van der Waals surface area contributed by atoms with E-state index in [1.807, 2.05) is 13.8 Å². The van der Waals surface area contributed by atoms with Gasteiger partial charge in [-0.05, 0) is 31.4 Å². The molecular formula is C13H19FN2O3. The Hall–Kier alpha value is -1.69. The lowest BCUT2D eigenvalue weighted by atomic mass is 9.97. The van der Waals surface area contributed by atoms with Gasteiger partial charge in [0, 0.05) is 6.54 Å². The molecule has 0 aromatic heterocycles. The molecule has 0 aliphatic heterocycles. The fourth-order valence-corrected chi connectivity index (χ4v) is 1.72. The van der Waals surface area contributed by atoms with Crippen molar-refractivity contribution in [3.8, 4) is 0 Å². The highest BCUT2D eigenvalue weighted by Crippen LogP contribution is 2.28. The summed E-state index contributed by atoms with van der Waals surface area (Å²) in [4.78, 5) is 10.2. The van der Waals surface area contributed by atoms with E-state index < -0.39 is 16.3 Å². The number of nitrogens with one attached hydrogen (secondary N) is 1. The Labute approximate surface area is 111 Å². The number of aryl methyl sites for hydroxylation is 1. The number of hydrogen-bond acceptors (Lipinski definition) is 4. The van der Waals surface area contributed by atoms with Crippen molar-refractivity contribution in [2.75, 3.05) is 11.9 Å². The molecule has 1 rings (SSSR count). The first-order chi connectivity index (χ1) is 8.83. The normalized spacial score (nSPS) is 11.4. The summed E-state index contributed by atoms with van der Waals surface area (Å²) >= 11 is 0. The van der Waals surface area contributed by atoms with Crippen LogP contribution < -0.4 is 5.32 Å². The van der Waals surface area contributed by atoms with E-state index in [1.54, 1.807) is 0 Å². The van der Waals surface area contributed by atoms with Crippen LogP contribution in [0, 0.1) is 22.9 Å². The fourth-order valence-electron chi connectivity index (χ4n) is 1.72. The van der Waals surface area contributed by atoms with Crippen molar-refractivity contribution in [1.29, 1.82) is 0 Å².